The fourth-order valence-corrected chi connectivity index (χ4v) is 2.37. The summed E-state index contributed by atoms with van der Waals surface area (Å²) in [6, 6.07) is 4.79. The number of hydrogen-bond acceptors (Lipinski definition) is 4. The number of nitrogens with zero attached hydrogens (tertiary/aromatic N) is 2. The summed E-state index contributed by atoms with van der Waals surface area (Å²) in [7, 11) is 1.63. The number of pyridine rings is 1. The van der Waals surface area contributed by atoms with Gasteiger partial charge in [-0.25, -0.2) is 9.78 Å². The molecule has 1 saturated heterocycles. The average Bonchev–Trinajstić information content (AvgIpc) is 2.86. The zero-order valence-electron chi connectivity index (χ0n) is 10.8. The number of carboxylic acids is 1. The largest absolute Gasteiger partial charge is 0.477 e. The highest BCUT2D eigenvalue weighted by molar-refractivity contribution is 5.85. The van der Waals surface area contributed by atoms with Crippen molar-refractivity contribution < 1.29 is 14.7 Å². The molecule has 2 heterocycles. The third kappa shape index (κ3) is 3.08. The van der Waals surface area contributed by atoms with Crippen LogP contribution in [-0.4, -0.2) is 46.5 Å². The van der Waals surface area contributed by atoms with Crippen LogP contribution in [0.3, 0.4) is 0 Å². The van der Waals surface area contributed by atoms with E-state index in [1.165, 1.54) is 6.07 Å². The predicted octanol–water partition coefficient (Wildman–Crippen LogP) is 0.490. The first-order chi connectivity index (χ1) is 9.11. The Morgan fingerprint density at radius 3 is 3.00 bits per heavy atom. The van der Waals surface area contributed by atoms with Crippen molar-refractivity contribution >= 4 is 11.9 Å². The molecule has 1 aliphatic rings. The monoisotopic (exact) mass is 263 g/mol. The van der Waals surface area contributed by atoms with E-state index in [1.807, 2.05) is 4.90 Å². The number of rotatable bonds is 4. The van der Waals surface area contributed by atoms with Crippen molar-refractivity contribution in [3.8, 4) is 0 Å². The molecule has 1 atom stereocenters. The van der Waals surface area contributed by atoms with Gasteiger partial charge in [-0.15, -0.1) is 0 Å². The molecule has 1 aromatic heterocycles. The summed E-state index contributed by atoms with van der Waals surface area (Å²) in [6.07, 6.45) is 1.80. The molecule has 0 saturated carbocycles. The van der Waals surface area contributed by atoms with E-state index in [-0.39, 0.29) is 17.6 Å². The lowest BCUT2D eigenvalue weighted by Gasteiger charge is -2.22. The van der Waals surface area contributed by atoms with Crippen molar-refractivity contribution in [3.05, 3.63) is 29.6 Å². The van der Waals surface area contributed by atoms with Gasteiger partial charge in [0.1, 0.15) is 5.69 Å². The molecular formula is C13H17N3O3. The Hall–Kier alpha value is -1.95. The molecule has 1 fully saturated rings. The maximum absolute atomic E-state index is 11.7. The van der Waals surface area contributed by atoms with E-state index < -0.39 is 5.97 Å². The van der Waals surface area contributed by atoms with Gasteiger partial charge in [-0.2, -0.15) is 0 Å². The van der Waals surface area contributed by atoms with E-state index in [0.29, 0.717) is 12.2 Å². The molecule has 1 unspecified atom stereocenters. The number of carboxylic acid groups (broad SMARTS) is 1. The van der Waals surface area contributed by atoms with Gasteiger partial charge < -0.3 is 10.4 Å². The minimum Gasteiger partial charge on any atom is -0.477 e. The van der Waals surface area contributed by atoms with E-state index in [9.17, 15) is 9.59 Å². The molecule has 0 aliphatic carbocycles. The lowest BCUT2D eigenvalue weighted by molar-refractivity contribution is -0.125. The van der Waals surface area contributed by atoms with Crippen LogP contribution in [-0.2, 0) is 11.3 Å². The maximum atomic E-state index is 11.7. The highest BCUT2D eigenvalue weighted by Gasteiger charge is 2.30. The van der Waals surface area contributed by atoms with Crippen LogP contribution in [0.4, 0.5) is 0 Å². The molecule has 2 rings (SSSR count). The van der Waals surface area contributed by atoms with Crippen LogP contribution in [0.2, 0.25) is 0 Å². The van der Waals surface area contributed by atoms with Crippen LogP contribution in [0.15, 0.2) is 18.2 Å². The molecule has 0 radical (unpaired) electrons. The third-order valence-electron chi connectivity index (χ3n) is 3.30. The van der Waals surface area contributed by atoms with Crippen LogP contribution in [0.5, 0.6) is 0 Å². The van der Waals surface area contributed by atoms with Gasteiger partial charge in [-0.1, -0.05) is 6.07 Å². The molecule has 0 spiro atoms. The SMILES string of the molecule is CNC(=O)C1CCCN1Cc1cccc(C(=O)O)n1. The molecular weight excluding hydrogens is 246 g/mol. The summed E-state index contributed by atoms with van der Waals surface area (Å²) in [5.41, 5.74) is 0.712. The van der Waals surface area contributed by atoms with Gasteiger partial charge in [0.15, 0.2) is 0 Å². The van der Waals surface area contributed by atoms with Crippen molar-refractivity contribution in [2.24, 2.45) is 0 Å². The summed E-state index contributed by atoms with van der Waals surface area (Å²) >= 11 is 0. The zero-order valence-corrected chi connectivity index (χ0v) is 10.8. The first-order valence-corrected chi connectivity index (χ1v) is 6.26. The molecule has 1 amide bonds. The number of nitrogens with one attached hydrogen (secondary N) is 1. The Balaban J connectivity index is 2.10. The second kappa shape index (κ2) is 5.79. The molecule has 1 aliphatic heterocycles. The first-order valence-electron chi connectivity index (χ1n) is 6.26. The minimum atomic E-state index is -1.04. The molecule has 2 N–H and O–H groups in total. The Labute approximate surface area is 111 Å². The van der Waals surface area contributed by atoms with E-state index in [1.54, 1.807) is 19.2 Å². The molecule has 19 heavy (non-hydrogen) atoms. The van der Waals surface area contributed by atoms with Gasteiger partial charge in [0, 0.05) is 13.6 Å². The fraction of sp³-hybridized carbons (Fsp3) is 0.462. The van der Waals surface area contributed by atoms with Crippen molar-refractivity contribution in [1.82, 2.24) is 15.2 Å². The standard InChI is InChI=1S/C13H17N3O3/c1-14-12(17)11-6-3-7-16(11)8-9-4-2-5-10(15-9)13(18)19/h2,4-5,11H,3,6-8H2,1H3,(H,14,17)(H,18,19). The summed E-state index contributed by atoms with van der Waals surface area (Å²) in [5, 5.41) is 11.6. The lowest BCUT2D eigenvalue weighted by Crippen LogP contribution is -2.41. The third-order valence-corrected chi connectivity index (χ3v) is 3.30. The van der Waals surface area contributed by atoms with Gasteiger partial charge in [-0.3, -0.25) is 9.69 Å². The van der Waals surface area contributed by atoms with Crippen LogP contribution < -0.4 is 5.32 Å². The number of carbonyl (C=O) groups excluding carboxylic acids is 1. The topological polar surface area (TPSA) is 82.5 Å². The highest BCUT2D eigenvalue weighted by atomic mass is 16.4. The molecule has 0 aromatic carbocycles. The highest BCUT2D eigenvalue weighted by Crippen LogP contribution is 2.19. The number of aromatic carboxylic acids is 1. The van der Waals surface area contributed by atoms with Gasteiger partial charge >= 0.3 is 5.97 Å². The van der Waals surface area contributed by atoms with Gasteiger partial charge in [0.05, 0.1) is 11.7 Å². The summed E-state index contributed by atoms with van der Waals surface area (Å²) in [5.74, 6) is -1.03. The lowest BCUT2D eigenvalue weighted by atomic mass is 10.2. The quantitative estimate of drug-likeness (QED) is 0.826. The fourth-order valence-electron chi connectivity index (χ4n) is 2.37. The number of likely N-dealkylation sites (N-methyl/N-ethyl adjacent to an activating group) is 1. The molecule has 1 aromatic rings. The summed E-state index contributed by atoms with van der Waals surface area (Å²) in [4.78, 5) is 28.7. The van der Waals surface area contributed by atoms with Crippen LogP contribution in [0.25, 0.3) is 0 Å². The average molecular weight is 263 g/mol. The van der Waals surface area contributed by atoms with E-state index >= 15 is 0 Å². The Morgan fingerprint density at radius 1 is 1.53 bits per heavy atom. The Morgan fingerprint density at radius 2 is 2.32 bits per heavy atom. The van der Waals surface area contributed by atoms with E-state index in [2.05, 4.69) is 10.3 Å². The zero-order chi connectivity index (χ0) is 13.8. The number of aromatic nitrogens is 1. The van der Waals surface area contributed by atoms with Crippen LogP contribution in [0, 0.1) is 0 Å². The molecule has 6 heteroatoms. The van der Waals surface area contributed by atoms with E-state index in [0.717, 1.165) is 19.4 Å². The Kier molecular flexibility index (Phi) is 4.11. The number of hydrogen-bond donors (Lipinski definition) is 2. The van der Waals surface area contributed by atoms with Crippen LogP contribution in [0.1, 0.15) is 29.0 Å². The van der Waals surface area contributed by atoms with Crippen molar-refractivity contribution in [1.29, 1.82) is 0 Å². The first kappa shape index (κ1) is 13.5. The predicted molar refractivity (Wildman–Crippen MR) is 68.7 cm³/mol. The minimum absolute atomic E-state index is 0.00638. The van der Waals surface area contributed by atoms with Crippen molar-refractivity contribution in [3.63, 3.8) is 0 Å². The number of likely N-dealkylation sites (tertiary alicyclic amines) is 1. The smallest absolute Gasteiger partial charge is 0.354 e. The normalized spacial score (nSPS) is 19.3. The van der Waals surface area contributed by atoms with Gasteiger partial charge in [-0.05, 0) is 31.5 Å². The van der Waals surface area contributed by atoms with Gasteiger partial charge in [0.25, 0.3) is 0 Å². The summed E-state index contributed by atoms with van der Waals surface area (Å²) < 4.78 is 0. The summed E-state index contributed by atoms with van der Waals surface area (Å²) in [6.45, 7) is 1.33. The number of carbonyl (C=O) groups is 2. The van der Waals surface area contributed by atoms with E-state index in [4.69, 9.17) is 5.11 Å². The van der Waals surface area contributed by atoms with Crippen molar-refractivity contribution in [2.75, 3.05) is 13.6 Å². The molecule has 102 valence electrons. The van der Waals surface area contributed by atoms with Crippen molar-refractivity contribution in [2.45, 2.75) is 25.4 Å². The number of amides is 1. The van der Waals surface area contributed by atoms with Gasteiger partial charge in [0.2, 0.25) is 5.91 Å². The van der Waals surface area contributed by atoms with Crippen LogP contribution >= 0.6 is 0 Å². The molecule has 0 bridgehead atoms. The Bertz CT molecular complexity index is 490. The molecule has 6 nitrogen and oxygen atoms in total. The second-order valence-electron chi connectivity index (χ2n) is 4.56. The maximum Gasteiger partial charge on any atom is 0.354 e. The second-order valence-corrected chi connectivity index (χ2v) is 4.56.